The van der Waals surface area contributed by atoms with Crippen molar-refractivity contribution in [3.8, 4) is 0 Å². The van der Waals surface area contributed by atoms with Crippen LogP contribution in [-0.4, -0.2) is 19.9 Å². The molecule has 15 heavy (non-hydrogen) atoms. The topological polar surface area (TPSA) is 104 Å². The van der Waals surface area contributed by atoms with E-state index in [4.69, 9.17) is 11.5 Å². The van der Waals surface area contributed by atoms with Crippen LogP contribution in [0.25, 0.3) is 17.2 Å². The van der Waals surface area contributed by atoms with E-state index < -0.39 is 0 Å². The van der Waals surface area contributed by atoms with Crippen molar-refractivity contribution in [1.29, 1.82) is 0 Å². The van der Waals surface area contributed by atoms with Crippen LogP contribution in [0.5, 0.6) is 0 Å². The van der Waals surface area contributed by atoms with Gasteiger partial charge in [0.15, 0.2) is 17.0 Å². The Morgan fingerprint density at radius 1 is 1.20 bits per heavy atom. The van der Waals surface area contributed by atoms with Crippen LogP contribution in [0.3, 0.4) is 0 Å². The lowest BCUT2D eigenvalue weighted by molar-refractivity contribution is 1.16. The zero-order valence-electron chi connectivity index (χ0n) is 8.18. The zero-order valence-corrected chi connectivity index (χ0v) is 8.18. The van der Waals surface area contributed by atoms with Crippen molar-refractivity contribution < 1.29 is 0 Å². The molecule has 2 rings (SSSR count). The average Bonchev–Trinajstić information content (AvgIpc) is 2.19. The standard InChI is InChI=1S/C9H10N6/c1-2-3-5-4-12-8-6(13-5)7(10)14-9(11)15-8/h2-4H,1H3,(H4,10,11,12,14,15). The number of nitrogen functional groups attached to an aromatic ring is 2. The van der Waals surface area contributed by atoms with Crippen molar-refractivity contribution in [3.63, 3.8) is 0 Å². The second-order valence-electron chi connectivity index (χ2n) is 2.93. The number of hydrogen-bond acceptors (Lipinski definition) is 6. The monoisotopic (exact) mass is 202 g/mol. The van der Waals surface area contributed by atoms with E-state index in [2.05, 4.69) is 19.9 Å². The highest BCUT2D eigenvalue weighted by atomic mass is 15.1. The van der Waals surface area contributed by atoms with Crippen LogP contribution in [-0.2, 0) is 0 Å². The molecule has 0 radical (unpaired) electrons. The molecular formula is C9H10N6. The van der Waals surface area contributed by atoms with E-state index in [9.17, 15) is 0 Å². The fraction of sp³-hybridized carbons (Fsp3) is 0.111. The van der Waals surface area contributed by atoms with Gasteiger partial charge in [0.25, 0.3) is 0 Å². The number of nitrogens with zero attached hydrogens (tertiary/aromatic N) is 4. The maximum absolute atomic E-state index is 5.66. The van der Waals surface area contributed by atoms with Crippen LogP contribution in [0, 0.1) is 0 Å². The molecular weight excluding hydrogens is 192 g/mol. The average molecular weight is 202 g/mol. The first-order valence-corrected chi connectivity index (χ1v) is 4.39. The van der Waals surface area contributed by atoms with E-state index in [1.54, 1.807) is 6.20 Å². The summed E-state index contributed by atoms with van der Waals surface area (Å²) in [5, 5.41) is 0. The van der Waals surface area contributed by atoms with Gasteiger partial charge in [-0.1, -0.05) is 6.08 Å². The van der Waals surface area contributed by atoms with Crippen molar-refractivity contribution >= 4 is 29.0 Å². The Balaban J connectivity index is 2.71. The fourth-order valence-electron chi connectivity index (χ4n) is 1.21. The van der Waals surface area contributed by atoms with Crippen LogP contribution in [0.15, 0.2) is 12.3 Å². The summed E-state index contributed by atoms with van der Waals surface area (Å²) in [5.74, 6) is 0.351. The van der Waals surface area contributed by atoms with E-state index in [0.717, 1.165) is 0 Å². The normalized spacial score (nSPS) is 11.3. The molecule has 0 atom stereocenters. The van der Waals surface area contributed by atoms with Gasteiger partial charge in [-0.25, -0.2) is 9.97 Å². The van der Waals surface area contributed by atoms with Crippen molar-refractivity contribution in [2.45, 2.75) is 6.92 Å². The molecule has 0 aliphatic heterocycles. The molecule has 2 aromatic heterocycles. The predicted octanol–water partition coefficient (Wildman–Crippen LogP) is 0.617. The second-order valence-corrected chi connectivity index (χ2v) is 2.93. The van der Waals surface area contributed by atoms with Gasteiger partial charge in [-0.15, -0.1) is 0 Å². The molecule has 0 bridgehead atoms. The molecule has 2 aromatic rings. The summed E-state index contributed by atoms with van der Waals surface area (Å²) in [4.78, 5) is 16.1. The number of nitrogens with two attached hydrogens (primary N) is 2. The summed E-state index contributed by atoms with van der Waals surface area (Å²) in [7, 11) is 0. The van der Waals surface area contributed by atoms with Crippen LogP contribution >= 0.6 is 0 Å². The largest absolute Gasteiger partial charge is 0.382 e. The molecule has 4 N–H and O–H groups in total. The van der Waals surface area contributed by atoms with Crippen LogP contribution in [0.1, 0.15) is 12.6 Å². The highest BCUT2D eigenvalue weighted by Gasteiger charge is 2.05. The Hall–Kier alpha value is -2.24. The van der Waals surface area contributed by atoms with Gasteiger partial charge in [-0.05, 0) is 13.0 Å². The SMILES string of the molecule is CC=Cc1cnc2nc(N)nc(N)c2n1. The number of anilines is 2. The molecule has 0 amide bonds. The predicted molar refractivity (Wildman–Crippen MR) is 58.7 cm³/mol. The van der Waals surface area contributed by atoms with E-state index in [1.807, 2.05) is 19.1 Å². The molecule has 0 fully saturated rings. The quantitative estimate of drug-likeness (QED) is 0.702. The van der Waals surface area contributed by atoms with Gasteiger partial charge in [-0.3, -0.25) is 0 Å². The first-order chi connectivity index (χ1) is 7.20. The molecule has 0 spiro atoms. The smallest absolute Gasteiger partial charge is 0.224 e. The first kappa shape index (κ1) is 9.32. The lowest BCUT2D eigenvalue weighted by atomic mass is 10.4. The van der Waals surface area contributed by atoms with Crippen molar-refractivity contribution in [3.05, 3.63) is 18.0 Å². The Morgan fingerprint density at radius 3 is 2.73 bits per heavy atom. The maximum Gasteiger partial charge on any atom is 0.224 e. The molecule has 0 aromatic carbocycles. The number of hydrogen-bond donors (Lipinski definition) is 2. The van der Waals surface area contributed by atoms with Crippen molar-refractivity contribution in [1.82, 2.24) is 19.9 Å². The molecule has 0 unspecified atom stereocenters. The number of allylic oxidation sites excluding steroid dienone is 1. The van der Waals surface area contributed by atoms with Crippen molar-refractivity contribution in [2.24, 2.45) is 0 Å². The zero-order chi connectivity index (χ0) is 10.8. The number of aromatic nitrogens is 4. The van der Waals surface area contributed by atoms with Crippen LogP contribution < -0.4 is 11.5 Å². The number of fused-ring (bicyclic) bond motifs is 1. The Bertz CT molecular complexity index is 533. The molecule has 2 heterocycles. The molecule has 0 saturated heterocycles. The van der Waals surface area contributed by atoms with Gasteiger partial charge in [-0.2, -0.15) is 9.97 Å². The molecule has 6 nitrogen and oxygen atoms in total. The van der Waals surface area contributed by atoms with E-state index in [0.29, 0.717) is 16.9 Å². The van der Waals surface area contributed by atoms with Gasteiger partial charge in [0, 0.05) is 0 Å². The minimum Gasteiger partial charge on any atom is -0.382 e. The van der Waals surface area contributed by atoms with Gasteiger partial charge in [0.2, 0.25) is 5.95 Å². The summed E-state index contributed by atoms with van der Waals surface area (Å²) >= 11 is 0. The van der Waals surface area contributed by atoms with Crippen molar-refractivity contribution in [2.75, 3.05) is 11.5 Å². The van der Waals surface area contributed by atoms with Crippen LogP contribution in [0.4, 0.5) is 11.8 Å². The third-order valence-electron chi connectivity index (χ3n) is 1.81. The van der Waals surface area contributed by atoms with Gasteiger partial charge in [0.1, 0.15) is 0 Å². The molecule has 0 aliphatic carbocycles. The summed E-state index contributed by atoms with van der Waals surface area (Å²) in [6, 6.07) is 0. The lowest BCUT2D eigenvalue weighted by Gasteiger charge is -2.01. The van der Waals surface area contributed by atoms with Gasteiger partial charge in [0.05, 0.1) is 11.9 Å². The Labute approximate surface area is 86.1 Å². The van der Waals surface area contributed by atoms with Gasteiger partial charge >= 0.3 is 0 Å². The third kappa shape index (κ3) is 1.69. The molecule has 0 saturated carbocycles. The highest BCUT2D eigenvalue weighted by molar-refractivity contribution is 5.82. The van der Waals surface area contributed by atoms with E-state index >= 15 is 0 Å². The fourth-order valence-corrected chi connectivity index (χ4v) is 1.21. The Morgan fingerprint density at radius 2 is 2.00 bits per heavy atom. The summed E-state index contributed by atoms with van der Waals surface area (Å²) in [6.45, 7) is 1.90. The second kappa shape index (κ2) is 3.49. The maximum atomic E-state index is 5.66. The van der Waals surface area contributed by atoms with E-state index in [-0.39, 0.29) is 11.8 Å². The number of rotatable bonds is 1. The van der Waals surface area contributed by atoms with Crippen LogP contribution in [0.2, 0.25) is 0 Å². The van der Waals surface area contributed by atoms with Gasteiger partial charge < -0.3 is 11.5 Å². The lowest BCUT2D eigenvalue weighted by Crippen LogP contribution is -2.03. The first-order valence-electron chi connectivity index (χ1n) is 4.39. The summed E-state index contributed by atoms with van der Waals surface area (Å²) < 4.78 is 0. The highest BCUT2D eigenvalue weighted by Crippen LogP contribution is 2.14. The summed E-state index contributed by atoms with van der Waals surface area (Å²) in [6.07, 6.45) is 5.29. The van der Waals surface area contributed by atoms with E-state index in [1.165, 1.54) is 0 Å². The Kier molecular flexibility index (Phi) is 2.17. The molecule has 0 aliphatic rings. The summed E-state index contributed by atoms with van der Waals surface area (Å²) in [5.41, 5.74) is 12.7. The minimum absolute atomic E-state index is 0.105. The third-order valence-corrected chi connectivity index (χ3v) is 1.81. The molecule has 6 heteroatoms. The minimum atomic E-state index is 0.105. The molecule has 76 valence electrons.